The van der Waals surface area contributed by atoms with Gasteiger partial charge in [0.2, 0.25) is 0 Å². The van der Waals surface area contributed by atoms with Crippen LogP contribution in [0.15, 0.2) is 30.3 Å². The molecule has 0 heterocycles. The van der Waals surface area contributed by atoms with Gasteiger partial charge in [0.1, 0.15) is 11.4 Å². The van der Waals surface area contributed by atoms with Crippen LogP contribution in [0.4, 0.5) is 11.4 Å². The maximum Gasteiger partial charge on any atom is 2.00 e. The van der Waals surface area contributed by atoms with Gasteiger partial charge in [-0.15, -0.1) is 11.1 Å². The van der Waals surface area contributed by atoms with E-state index >= 15 is 0 Å². The number of anilines is 1. The molecule has 2 aromatic carbocycles. The first-order valence-corrected chi connectivity index (χ1v) is 6.11. The third-order valence-electron chi connectivity index (χ3n) is 2.73. The van der Waals surface area contributed by atoms with Crippen LogP contribution in [-0.4, -0.2) is 16.5 Å². The number of nitro groups is 1. The zero-order chi connectivity index (χ0) is 16.7. The van der Waals surface area contributed by atoms with Crippen molar-refractivity contribution >= 4 is 17.8 Å². The van der Waals surface area contributed by atoms with Crippen LogP contribution in [0.1, 0.15) is 11.1 Å². The van der Waals surface area contributed by atoms with Crippen molar-refractivity contribution in [3.63, 3.8) is 0 Å². The maximum atomic E-state index is 10.8. The SMILES string of the molecule is Cc1c[c-]cc(C)c1Oc1ccc(N)c([N+](=O)[O-])c1.O=[C-]O.[W+2]. The second kappa shape index (κ2) is 9.58. The number of nitrogen functional groups attached to an aromatic ring is 1. The van der Waals surface area contributed by atoms with E-state index < -0.39 is 4.92 Å². The smallest absolute Gasteiger partial charge is 0.665 e. The molecule has 7 nitrogen and oxygen atoms in total. The zero-order valence-electron chi connectivity index (χ0n) is 12.4. The van der Waals surface area contributed by atoms with Gasteiger partial charge in [-0.3, -0.25) is 10.1 Å². The Labute approximate surface area is 147 Å². The molecule has 3 N–H and O–H groups in total. The number of rotatable bonds is 3. The minimum atomic E-state index is -0.527. The van der Waals surface area contributed by atoms with E-state index in [9.17, 15) is 10.1 Å². The fourth-order valence-corrected chi connectivity index (χ4v) is 1.76. The Morgan fingerprint density at radius 3 is 2.30 bits per heavy atom. The van der Waals surface area contributed by atoms with E-state index in [4.69, 9.17) is 20.4 Å². The van der Waals surface area contributed by atoms with Gasteiger partial charge in [-0.05, 0) is 12.1 Å². The Morgan fingerprint density at radius 2 is 1.83 bits per heavy atom. The first kappa shape index (κ1) is 20.6. The largest absolute Gasteiger partial charge is 2.00 e. The number of nitrogens with zero attached hydrogens (tertiary/aromatic N) is 1. The van der Waals surface area contributed by atoms with Crippen molar-refractivity contribution in [1.82, 2.24) is 0 Å². The number of hydrogen-bond acceptors (Lipinski definition) is 5. The first-order chi connectivity index (χ1) is 10.4. The predicted octanol–water partition coefficient (Wildman–Crippen LogP) is 3.00. The normalized spacial score (nSPS) is 8.96. The van der Waals surface area contributed by atoms with Crippen molar-refractivity contribution in [1.29, 1.82) is 0 Å². The molecule has 0 aliphatic carbocycles. The summed E-state index contributed by atoms with van der Waals surface area (Å²) in [5.41, 5.74) is 7.33. The maximum absolute atomic E-state index is 10.8. The van der Waals surface area contributed by atoms with Crippen LogP contribution in [0.2, 0.25) is 0 Å². The standard InChI is InChI=1S/C14H13N2O3.CHO2.W/c1-9-4-3-5-10(2)14(9)19-11-6-7-12(15)13(8-11)16(17)18;2-1-3;/h4-8H,15H2,1-2H3;(H,2,3);/q2*-1;+2. The summed E-state index contributed by atoms with van der Waals surface area (Å²) in [6.07, 6.45) is 0. The molecule has 0 aromatic heterocycles. The third-order valence-corrected chi connectivity index (χ3v) is 2.73. The number of aliphatic hydroxyl groups excluding tert-OH is 1. The molecule has 0 aliphatic rings. The van der Waals surface area contributed by atoms with E-state index in [0.29, 0.717) is 18.0 Å². The summed E-state index contributed by atoms with van der Waals surface area (Å²) in [5.74, 6) is 1.07. The Hall–Kier alpha value is -2.40. The van der Waals surface area contributed by atoms with Crippen LogP contribution in [0.3, 0.4) is 0 Å². The van der Waals surface area contributed by atoms with Crippen molar-refractivity contribution < 1.29 is 40.6 Å². The average Bonchev–Trinajstić information content (AvgIpc) is 2.45. The van der Waals surface area contributed by atoms with E-state index in [1.807, 2.05) is 13.8 Å². The average molecular weight is 486 g/mol. The van der Waals surface area contributed by atoms with Crippen LogP contribution in [0.5, 0.6) is 11.5 Å². The van der Waals surface area contributed by atoms with E-state index in [2.05, 4.69) is 6.07 Å². The minimum absolute atomic E-state index is 0. The van der Waals surface area contributed by atoms with E-state index in [1.54, 1.807) is 18.2 Å². The summed E-state index contributed by atoms with van der Waals surface area (Å²) in [6.45, 7) is 4.29. The molecule has 0 unspecified atom stereocenters. The fourth-order valence-electron chi connectivity index (χ4n) is 1.76. The molecule has 0 saturated carbocycles. The Morgan fingerprint density at radius 1 is 1.30 bits per heavy atom. The van der Waals surface area contributed by atoms with Crippen LogP contribution in [-0.2, 0) is 25.9 Å². The Kier molecular flexibility index (Phi) is 8.58. The van der Waals surface area contributed by atoms with Gasteiger partial charge in [-0.1, -0.05) is 20.3 Å². The number of aryl methyl sites for hydroxylation is 2. The second-order valence-electron chi connectivity index (χ2n) is 4.32. The summed E-state index contributed by atoms with van der Waals surface area (Å²) >= 11 is 0. The van der Waals surface area contributed by atoms with Gasteiger partial charge < -0.3 is 20.4 Å². The second-order valence-corrected chi connectivity index (χ2v) is 4.32. The van der Waals surface area contributed by atoms with Crippen molar-refractivity contribution in [2.24, 2.45) is 0 Å². The van der Waals surface area contributed by atoms with Crippen LogP contribution >= 0.6 is 0 Å². The molecule has 0 radical (unpaired) electrons. The molecule has 2 aromatic rings. The molecular weight excluding hydrogens is 472 g/mol. The molecule has 0 amide bonds. The topological polar surface area (TPSA) is 116 Å². The fraction of sp³-hybridized carbons (Fsp3) is 0.133. The predicted molar refractivity (Wildman–Crippen MR) is 80.7 cm³/mol. The minimum Gasteiger partial charge on any atom is -0.665 e. The summed E-state index contributed by atoms with van der Waals surface area (Å²) in [4.78, 5) is 18.5. The van der Waals surface area contributed by atoms with E-state index in [-0.39, 0.29) is 32.4 Å². The van der Waals surface area contributed by atoms with Crippen molar-refractivity contribution in [3.8, 4) is 11.5 Å². The number of nitro benzene ring substituents is 1. The Balaban J connectivity index is 0.00000112. The van der Waals surface area contributed by atoms with Gasteiger partial charge in [-0.25, -0.2) is 0 Å². The van der Waals surface area contributed by atoms with Gasteiger partial charge in [0.05, 0.1) is 11.0 Å². The summed E-state index contributed by atoms with van der Waals surface area (Å²) < 4.78 is 5.71. The molecule has 120 valence electrons. The van der Waals surface area contributed by atoms with Gasteiger partial charge in [-0.2, -0.15) is 18.2 Å². The quantitative estimate of drug-likeness (QED) is 0.299. The van der Waals surface area contributed by atoms with Crippen LogP contribution in [0.25, 0.3) is 0 Å². The molecule has 0 aliphatic heterocycles. The molecular formula is C15H14N2O5W. The molecule has 0 spiro atoms. The van der Waals surface area contributed by atoms with Crippen molar-refractivity contribution in [3.05, 3.63) is 57.6 Å². The first-order valence-electron chi connectivity index (χ1n) is 6.11. The molecule has 2 rings (SSSR count). The van der Waals surface area contributed by atoms with Crippen molar-refractivity contribution in [2.45, 2.75) is 13.8 Å². The number of nitrogens with two attached hydrogens (primary N) is 1. The molecule has 0 bridgehead atoms. The molecule has 0 fully saturated rings. The van der Waals surface area contributed by atoms with Gasteiger partial charge in [0.25, 0.3) is 5.69 Å². The van der Waals surface area contributed by atoms with E-state index in [0.717, 1.165) is 11.1 Å². The summed E-state index contributed by atoms with van der Waals surface area (Å²) in [5, 5.41) is 17.6. The zero-order valence-corrected chi connectivity index (χ0v) is 15.3. The van der Waals surface area contributed by atoms with Crippen molar-refractivity contribution in [2.75, 3.05) is 5.73 Å². The Bertz CT molecular complexity index is 671. The van der Waals surface area contributed by atoms with Gasteiger partial charge in [0, 0.05) is 5.75 Å². The summed E-state index contributed by atoms with van der Waals surface area (Å²) in [7, 11) is 0. The number of hydrogen-bond donors (Lipinski definition) is 2. The van der Waals surface area contributed by atoms with E-state index in [1.165, 1.54) is 12.1 Å². The molecule has 0 saturated heterocycles. The van der Waals surface area contributed by atoms with Gasteiger partial charge in [0.15, 0.2) is 0 Å². The molecule has 0 atom stereocenters. The van der Waals surface area contributed by atoms with Gasteiger partial charge >= 0.3 is 21.1 Å². The molecule has 23 heavy (non-hydrogen) atoms. The number of benzene rings is 2. The third kappa shape index (κ3) is 5.71. The van der Waals surface area contributed by atoms with Crippen LogP contribution < -0.4 is 10.5 Å². The monoisotopic (exact) mass is 486 g/mol. The van der Waals surface area contributed by atoms with Crippen LogP contribution in [0, 0.1) is 30.0 Å². The number of ether oxygens (including phenoxy) is 1. The summed E-state index contributed by atoms with van der Waals surface area (Å²) in [6, 6.07) is 11.0. The molecule has 8 heteroatoms.